The van der Waals surface area contributed by atoms with Crippen LogP contribution in [0.2, 0.25) is 0 Å². The van der Waals surface area contributed by atoms with E-state index in [4.69, 9.17) is 0 Å². The van der Waals surface area contributed by atoms with E-state index in [9.17, 15) is 9.59 Å². The summed E-state index contributed by atoms with van der Waals surface area (Å²) in [6.07, 6.45) is 3.29. The zero-order valence-electron chi connectivity index (χ0n) is 16.8. The van der Waals surface area contributed by atoms with Crippen LogP contribution in [0.1, 0.15) is 50.4 Å². The van der Waals surface area contributed by atoms with E-state index in [1.54, 1.807) is 24.3 Å². The number of benzene rings is 1. The summed E-state index contributed by atoms with van der Waals surface area (Å²) in [7, 11) is 0. The van der Waals surface area contributed by atoms with Crippen LogP contribution in [0.5, 0.6) is 0 Å². The summed E-state index contributed by atoms with van der Waals surface area (Å²) in [6.45, 7) is 11.3. The van der Waals surface area contributed by atoms with Gasteiger partial charge in [-0.1, -0.05) is 20.8 Å². The van der Waals surface area contributed by atoms with Gasteiger partial charge >= 0.3 is 6.03 Å². The molecule has 1 heterocycles. The molecule has 0 aromatic heterocycles. The summed E-state index contributed by atoms with van der Waals surface area (Å²) in [4.78, 5) is 28.9. The molecule has 6 heteroatoms. The third kappa shape index (κ3) is 6.24. The van der Waals surface area contributed by atoms with Gasteiger partial charge in [-0.05, 0) is 55.5 Å². The molecule has 2 N–H and O–H groups in total. The van der Waals surface area contributed by atoms with E-state index in [-0.39, 0.29) is 11.9 Å². The van der Waals surface area contributed by atoms with Crippen molar-refractivity contribution in [2.75, 3.05) is 38.0 Å². The van der Waals surface area contributed by atoms with Crippen LogP contribution in [0, 0.1) is 5.41 Å². The number of rotatable bonds is 5. The van der Waals surface area contributed by atoms with Crippen molar-refractivity contribution < 1.29 is 9.59 Å². The SMILES string of the molecule is CC(C)(C)CCN1CCN(C(=O)c2ccc(NC(=O)NC3CC3)cc2)CC1. The quantitative estimate of drug-likeness (QED) is 0.834. The van der Waals surface area contributed by atoms with Crippen molar-refractivity contribution in [1.29, 1.82) is 0 Å². The number of urea groups is 1. The highest BCUT2D eigenvalue weighted by molar-refractivity contribution is 5.95. The molecule has 0 bridgehead atoms. The Bertz CT molecular complexity index is 654. The van der Waals surface area contributed by atoms with Gasteiger partial charge in [0.25, 0.3) is 5.91 Å². The Morgan fingerprint density at radius 2 is 1.67 bits per heavy atom. The molecule has 0 radical (unpaired) electrons. The highest BCUT2D eigenvalue weighted by atomic mass is 16.2. The lowest BCUT2D eigenvalue weighted by Crippen LogP contribution is -2.49. The summed E-state index contributed by atoms with van der Waals surface area (Å²) in [5.41, 5.74) is 1.72. The molecular formula is C21H32N4O2. The third-order valence-corrected chi connectivity index (χ3v) is 5.14. The molecule has 2 aliphatic rings. The maximum Gasteiger partial charge on any atom is 0.319 e. The number of carbonyl (C=O) groups is 2. The van der Waals surface area contributed by atoms with E-state index >= 15 is 0 Å². The molecule has 1 saturated carbocycles. The maximum absolute atomic E-state index is 12.7. The Balaban J connectivity index is 1.46. The average Bonchev–Trinajstić information content (AvgIpc) is 3.44. The van der Waals surface area contributed by atoms with Crippen molar-refractivity contribution in [2.24, 2.45) is 5.41 Å². The number of hydrogen-bond donors (Lipinski definition) is 2. The zero-order chi connectivity index (χ0) is 19.4. The number of piperazine rings is 1. The number of amides is 3. The number of anilines is 1. The van der Waals surface area contributed by atoms with Crippen LogP contribution in [-0.4, -0.2) is 60.5 Å². The fourth-order valence-electron chi connectivity index (χ4n) is 3.13. The molecule has 27 heavy (non-hydrogen) atoms. The first-order chi connectivity index (χ1) is 12.8. The Morgan fingerprint density at radius 1 is 1.04 bits per heavy atom. The molecule has 1 aromatic rings. The second kappa shape index (κ2) is 8.30. The van der Waals surface area contributed by atoms with Crippen LogP contribution in [0.15, 0.2) is 24.3 Å². The van der Waals surface area contributed by atoms with E-state index in [1.807, 2.05) is 4.90 Å². The minimum Gasteiger partial charge on any atom is -0.336 e. The lowest BCUT2D eigenvalue weighted by atomic mass is 9.92. The first kappa shape index (κ1) is 19.7. The van der Waals surface area contributed by atoms with E-state index in [2.05, 4.69) is 36.3 Å². The van der Waals surface area contributed by atoms with E-state index in [0.717, 1.165) is 45.6 Å². The Morgan fingerprint density at radius 3 is 2.22 bits per heavy atom. The topological polar surface area (TPSA) is 64.7 Å². The average molecular weight is 373 g/mol. The van der Waals surface area contributed by atoms with Crippen LogP contribution < -0.4 is 10.6 Å². The van der Waals surface area contributed by atoms with Gasteiger partial charge < -0.3 is 15.5 Å². The van der Waals surface area contributed by atoms with Gasteiger partial charge in [0.15, 0.2) is 0 Å². The molecule has 0 spiro atoms. The number of hydrogen-bond acceptors (Lipinski definition) is 3. The fraction of sp³-hybridized carbons (Fsp3) is 0.619. The smallest absolute Gasteiger partial charge is 0.319 e. The molecule has 0 unspecified atom stereocenters. The summed E-state index contributed by atoms with van der Waals surface area (Å²) >= 11 is 0. The number of carbonyl (C=O) groups excluding carboxylic acids is 2. The predicted molar refractivity (Wildman–Crippen MR) is 108 cm³/mol. The fourth-order valence-corrected chi connectivity index (χ4v) is 3.13. The highest BCUT2D eigenvalue weighted by Crippen LogP contribution is 2.20. The third-order valence-electron chi connectivity index (χ3n) is 5.14. The normalized spacial score (nSPS) is 18.3. The van der Waals surface area contributed by atoms with Crippen LogP contribution in [0.25, 0.3) is 0 Å². The molecule has 1 aromatic carbocycles. The van der Waals surface area contributed by atoms with Crippen molar-refractivity contribution >= 4 is 17.6 Å². The van der Waals surface area contributed by atoms with Crippen molar-refractivity contribution in [3.8, 4) is 0 Å². The minimum absolute atomic E-state index is 0.0689. The molecule has 148 valence electrons. The molecule has 6 nitrogen and oxygen atoms in total. The molecule has 0 atom stereocenters. The molecule has 1 aliphatic heterocycles. The zero-order valence-corrected chi connectivity index (χ0v) is 16.8. The van der Waals surface area contributed by atoms with Crippen LogP contribution >= 0.6 is 0 Å². The lowest BCUT2D eigenvalue weighted by molar-refractivity contribution is 0.0623. The number of nitrogens with zero attached hydrogens (tertiary/aromatic N) is 2. The van der Waals surface area contributed by atoms with Gasteiger partial charge in [-0.3, -0.25) is 9.69 Å². The van der Waals surface area contributed by atoms with Gasteiger partial charge in [0.1, 0.15) is 0 Å². The first-order valence-corrected chi connectivity index (χ1v) is 9.99. The Kier molecular flexibility index (Phi) is 6.05. The van der Waals surface area contributed by atoms with Crippen molar-refractivity contribution in [1.82, 2.24) is 15.1 Å². The van der Waals surface area contributed by atoms with Crippen LogP contribution in [0.4, 0.5) is 10.5 Å². The summed E-state index contributed by atoms with van der Waals surface area (Å²) in [6, 6.07) is 7.32. The first-order valence-electron chi connectivity index (χ1n) is 9.99. The molecule has 3 rings (SSSR count). The Hall–Kier alpha value is -2.08. The van der Waals surface area contributed by atoms with Crippen LogP contribution in [-0.2, 0) is 0 Å². The highest BCUT2D eigenvalue weighted by Gasteiger charge is 2.24. The molecule has 1 aliphatic carbocycles. The molecule has 2 fully saturated rings. The van der Waals surface area contributed by atoms with E-state index in [0.29, 0.717) is 22.7 Å². The van der Waals surface area contributed by atoms with E-state index < -0.39 is 0 Å². The lowest BCUT2D eigenvalue weighted by Gasteiger charge is -2.36. The maximum atomic E-state index is 12.7. The van der Waals surface area contributed by atoms with Crippen molar-refractivity contribution in [3.05, 3.63) is 29.8 Å². The van der Waals surface area contributed by atoms with Gasteiger partial charge in [0.05, 0.1) is 0 Å². The van der Waals surface area contributed by atoms with Gasteiger partial charge in [-0.2, -0.15) is 0 Å². The Labute approximate surface area is 162 Å². The van der Waals surface area contributed by atoms with Gasteiger partial charge in [-0.15, -0.1) is 0 Å². The monoisotopic (exact) mass is 372 g/mol. The standard InChI is InChI=1S/C21H32N4O2/c1-21(2,3)10-11-24-12-14-25(15-13-24)19(26)16-4-6-17(7-5-16)22-20(27)23-18-8-9-18/h4-7,18H,8-15H2,1-3H3,(H2,22,23,27). The second-order valence-corrected chi connectivity index (χ2v) is 8.89. The van der Waals surface area contributed by atoms with Crippen LogP contribution in [0.3, 0.4) is 0 Å². The van der Waals surface area contributed by atoms with Gasteiger partial charge in [0.2, 0.25) is 0 Å². The minimum atomic E-state index is -0.178. The predicted octanol–water partition coefficient (Wildman–Crippen LogP) is 3.16. The summed E-state index contributed by atoms with van der Waals surface area (Å²) in [5.74, 6) is 0.0689. The summed E-state index contributed by atoms with van der Waals surface area (Å²) < 4.78 is 0. The van der Waals surface area contributed by atoms with Gasteiger partial charge in [0, 0.05) is 43.5 Å². The van der Waals surface area contributed by atoms with E-state index in [1.165, 1.54) is 6.42 Å². The summed E-state index contributed by atoms with van der Waals surface area (Å²) in [5, 5.41) is 5.69. The molecular weight excluding hydrogens is 340 g/mol. The molecule has 1 saturated heterocycles. The second-order valence-electron chi connectivity index (χ2n) is 8.89. The van der Waals surface area contributed by atoms with Gasteiger partial charge in [-0.25, -0.2) is 4.79 Å². The van der Waals surface area contributed by atoms with Crippen molar-refractivity contribution in [3.63, 3.8) is 0 Å². The largest absolute Gasteiger partial charge is 0.336 e. The number of nitrogens with one attached hydrogen (secondary N) is 2. The molecule has 3 amide bonds. The van der Waals surface area contributed by atoms with Crippen molar-refractivity contribution in [2.45, 2.75) is 46.1 Å².